The number of ether oxygens (including phenoxy) is 1. The third-order valence-corrected chi connectivity index (χ3v) is 9.39. The predicted molar refractivity (Wildman–Crippen MR) is 164 cm³/mol. The van der Waals surface area contributed by atoms with Crippen molar-refractivity contribution in [3.63, 3.8) is 0 Å². The van der Waals surface area contributed by atoms with Crippen LogP contribution in [0.4, 0.5) is 4.39 Å². The lowest BCUT2D eigenvalue weighted by Crippen LogP contribution is -2.16. The third kappa shape index (κ3) is 4.30. The molecule has 6 rings (SSSR count). The molecule has 0 spiro atoms. The Morgan fingerprint density at radius 2 is 1.81 bits per heavy atom. The van der Waals surface area contributed by atoms with Gasteiger partial charge in [0.1, 0.15) is 11.9 Å². The highest BCUT2D eigenvalue weighted by Crippen LogP contribution is 2.46. The van der Waals surface area contributed by atoms with E-state index < -0.39 is 6.17 Å². The number of carbonyl (C=O) groups excluding carboxylic acids is 1. The molecule has 5 aliphatic heterocycles. The number of nitrogens with one attached hydrogen (secondary N) is 1. The lowest BCUT2D eigenvalue weighted by Gasteiger charge is -2.17. The van der Waals surface area contributed by atoms with Crippen molar-refractivity contribution in [1.29, 1.82) is 0 Å². The van der Waals surface area contributed by atoms with Crippen LogP contribution >= 0.6 is 0 Å². The topological polar surface area (TPSA) is 95.6 Å². The standard InChI is InChI=1S/C34H37FN4O3/c1-8-20-15(2)23-14-28-31(19(6)35)17(4)25(37-28)12-24-16(3)21(9-10-30(41)42-7)33(38-24)22-11-29(40)32-18(5)26(39-34(22)32)13-27(20)36-23/h12-14,16,19,21,38,40H,8-11H2,1-7H3/t16-,19?,21-/m0/s1. The van der Waals surface area contributed by atoms with E-state index in [4.69, 9.17) is 19.7 Å². The van der Waals surface area contributed by atoms with Gasteiger partial charge in [-0.15, -0.1) is 0 Å². The molecule has 0 radical (unpaired) electrons. The maximum absolute atomic E-state index is 15.1. The number of fused-ring (bicyclic) bond motifs is 5. The second-order valence-corrected chi connectivity index (χ2v) is 11.8. The van der Waals surface area contributed by atoms with Gasteiger partial charge in [-0.3, -0.25) is 4.79 Å². The fourth-order valence-electron chi connectivity index (χ4n) is 7.00. The average molecular weight is 569 g/mol. The van der Waals surface area contributed by atoms with Gasteiger partial charge in [0.25, 0.3) is 0 Å². The average Bonchev–Trinajstić information content (AvgIpc) is 3.70. The minimum Gasteiger partial charge on any atom is -0.511 e. The second-order valence-electron chi connectivity index (χ2n) is 11.8. The van der Waals surface area contributed by atoms with Crippen molar-refractivity contribution in [1.82, 2.24) is 5.32 Å². The van der Waals surface area contributed by atoms with Gasteiger partial charge in [0.2, 0.25) is 0 Å². The first kappa shape index (κ1) is 28.1. The number of hydrogen-bond acceptors (Lipinski definition) is 7. The Labute approximate surface area is 246 Å². The van der Waals surface area contributed by atoms with Crippen LogP contribution in [-0.2, 0) is 9.53 Å². The lowest BCUT2D eigenvalue weighted by atomic mass is 9.86. The monoisotopic (exact) mass is 568 g/mol. The molecule has 6 aliphatic rings. The molecule has 0 saturated carbocycles. The summed E-state index contributed by atoms with van der Waals surface area (Å²) in [4.78, 5) is 27.2. The summed E-state index contributed by atoms with van der Waals surface area (Å²) in [5.41, 5.74) is 12.5. The maximum atomic E-state index is 15.1. The van der Waals surface area contributed by atoms with Crippen LogP contribution in [0, 0.1) is 11.8 Å². The fourth-order valence-corrected chi connectivity index (χ4v) is 7.00. The minimum atomic E-state index is -1.20. The SMILES string of the molecule is CCC1=C(C)C2=NC1=CC1=C(C)C3=C(O)CC(=C4NC(=CC5=NC(=C2)C(C(C)F)=C5C)[C@@H](C)[C@@H]4CCC(=O)OC)C3=N1. The Balaban J connectivity index is 1.60. The molecule has 1 unspecified atom stereocenters. The molecule has 0 aromatic rings. The Kier molecular flexibility index (Phi) is 6.90. The number of halogens is 1. The van der Waals surface area contributed by atoms with Gasteiger partial charge >= 0.3 is 5.97 Å². The number of methoxy groups -OCH3 is 1. The van der Waals surface area contributed by atoms with Crippen molar-refractivity contribution < 1.29 is 19.0 Å². The van der Waals surface area contributed by atoms with Crippen LogP contribution in [-0.4, -0.2) is 41.5 Å². The number of rotatable bonds is 5. The summed E-state index contributed by atoms with van der Waals surface area (Å²) in [6.07, 6.45) is 6.69. The highest BCUT2D eigenvalue weighted by atomic mass is 19.1. The molecule has 1 fully saturated rings. The van der Waals surface area contributed by atoms with Crippen LogP contribution in [0.2, 0.25) is 0 Å². The van der Waals surface area contributed by atoms with Crippen LogP contribution in [0.5, 0.6) is 0 Å². The molecule has 7 nitrogen and oxygen atoms in total. The van der Waals surface area contributed by atoms with Crippen molar-refractivity contribution in [2.24, 2.45) is 26.8 Å². The van der Waals surface area contributed by atoms with E-state index in [1.165, 1.54) is 7.11 Å². The summed E-state index contributed by atoms with van der Waals surface area (Å²) in [5.74, 6) is 0.0252. The summed E-state index contributed by atoms with van der Waals surface area (Å²) < 4.78 is 20.0. The number of hydrogen-bond donors (Lipinski definition) is 2. The molecule has 5 heterocycles. The smallest absolute Gasteiger partial charge is 0.305 e. The number of aliphatic hydroxyl groups is 1. The molecular formula is C34H37FN4O3. The van der Waals surface area contributed by atoms with Crippen molar-refractivity contribution in [2.75, 3.05) is 7.11 Å². The molecular weight excluding hydrogens is 531 g/mol. The van der Waals surface area contributed by atoms with Gasteiger partial charge in [0.15, 0.2) is 0 Å². The highest BCUT2D eigenvalue weighted by Gasteiger charge is 2.41. The molecule has 42 heavy (non-hydrogen) atoms. The number of nitrogens with zero attached hydrogens (tertiary/aromatic N) is 3. The molecule has 0 aromatic heterocycles. The van der Waals surface area contributed by atoms with Crippen molar-refractivity contribution in [3.05, 3.63) is 91.5 Å². The lowest BCUT2D eigenvalue weighted by molar-refractivity contribution is -0.140. The summed E-state index contributed by atoms with van der Waals surface area (Å²) in [6, 6.07) is 0. The Hall–Kier alpha value is -4.07. The number of allylic oxidation sites excluding steroid dienone is 12. The fraction of sp³-hybridized carbons (Fsp3) is 0.412. The minimum absolute atomic E-state index is 0.0177. The van der Waals surface area contributed by atoms with Gasteiger partial charge in [-0.05, 0) is 81.1 Å². The second kappa shape index (κ2) is 10.3. The van der Waals surface area contributed by atoms with Crippen LogP contribution in [0.3, 0.4) is 0 Å². The van der Waals surface area contributed by atoms with Gasteiger partial charge in [0.05, 0.1) is 41.3 Å². The number of aliphatic hydroxyl groups excluding tert-OH is 1. The van der Waals surface area contributed by atoms with Crippen molar-refractivity contribution in [3.8, 4) is 0 Å². The molecule has 3 atom stereocenters. The van der Waals surface area contributed by atoms with E-state index in [9.17, 15) is 9.90 Å². The van der Waals surface area contributed by atoms with E-state index in [-0.39, 0.29) is 24.2 Å². The summed E-state index contributed by atoms with van der Waals surface area (Å²) in [6.45, 7) is 11.7. The molecule has 8 heteroatoms. The van der Waals surface area contributed by atoms with Gasteiger partial charge in [0, 0.05) is 52.8 Å². The summed E-state index contributed by atoms with van der Waals surface area (Å²) in [7, 11) is 1.40. The zero-order valence-corrected chi connectivity index (χ0v) is 25.3. The van der Waals surface area contributed by atoms with Gasteiger partial charge in [-0.25, -0.2) is 19.4 Å². The highest BCUT2D eigenvalue weighted by molar-refractivity contribution is 6.21. The predicted octanol–water partition coefficient (Wildman–Crippen LogP) is 6.97. The Bertz CT molecular complexity index is 1680. The van der Waals surface area contributed by atoms with Crippen LogP contribution in [0.15, 0.2) is 106 Å². The van der Waals surface area contributed by atoms with Gasteiger partial charge in [-0.2, -0.15) is 0 Å². The molecule has 0 amide bonds. The largest absolute Gasteiger partial charge is 0.511 e. The summed E-state index contributed by atoms with van der Waals surface area (Å²) in [5, 5.41) is 14.8. The quantitative estimate of drug-likeness (QED) is 0.350. The number of esters is 1. The van der Waals surface area contributed by atoms with Crippen molar-refractivity contribution >= 4 is 23.1 Å². The molecule has 1 saturated heterocycles. The van der Waals surface area contributed by atoms with E-state index in [1.54, 1.807) is 6.92 Å². The van der Waals surface area contributed by atoms with Crippen LogP contribution in [0.1, 0.15) is 67.2 Å². The van der Waals surface area contributed by atoms with E-state index in [0.29, 0.717) is 35.6 Å². The Morgan fingerprint density at radius 3 is 2.50 bits per heavy atom. The van der Waals surface area contributed by atoms with E-state index in [1.807, 2.05) is 39.0 Å². The third-order valence-electron chi connectivity index (χ3n) is 9.39. The van der Waals surface area contributed by atoms with Gasteiger partial charge < -0.3 is 15.2 Å². The van der Waals surface area contributed by atoms with Gasteiger partial charge in [-0.1, -0.05) is 13.8 Å². The Morgan fingerprint density at radius 1 is 1.10 bits per heavy atom. The first-order chi connectivity index (χ1) is 20.0. The molecule has 218 valence electrons. The van der Waals surface area contributed by atoms with Crippen molar-refractivity contribution in [2.45, 2.75) is 73.4 Å². The normalized spacial score (nSPS) is 25.5. The van der Waals surface area contributed by atoms with Crippen LogP contribution < -0.4 is 5.32 Å². The molecule has 1 aliphatic carbocycles. The first-order valence-corrected chi connectivity index (χ1v) is 14.7. The molecule has 0 aromatic carbocycles. The number of carbonyl (C=O) groups is 1. The number of aliphatic imine (C=N–C) groups is 3. The van der Waals surface area contributed by atoms with E-state index in [2.05, 4.69) is 19.2 Å². The zero-order valence-electron chi connectivity index (χ0n) is 25.3. The van der Waals surface area contributed by atoms with E-state index in [0.717, 1.165) is 74.1 Å². The number of alkyl halides is 1. The zero-order chi connectivity index (χ0) is 30.0. The van der Waals surface area contributed by atoms with E-state index >= 15 is 4.39 Å². The van der Waals surface area contributed by atoms with Crippen LogP contribution in [0.25, 0.3) is 0 Å². The molecule has 2 N–H and O–H groups in total. The maximum Gasteiger partial charge on any atom is 0.305 e. The summed E-state index contributed by atoms with van der Waals surface area (Å²) >= 11 is 0. The first-order valence-electron chi connectivity index (χ1n) is 14.7. The molecule has 8 bridgehead atoms.